The lowest BCUT2D eigenvalue weighted by Gasteiger charge is -2.31. The van der Waals surface area contributed by atoms with Crippen LogP contribution < -0.4 is 4.90 Å². The highest BCUT2D eigenvalue weighted by molar-refractivity contribution is 6.11. The van der Waals surface area contributed by atoms with Crippen LogP contribution in [0.15, 0.2) is 230 Å². The Bertz CT molecular complexity index is 3660. The number of benzene rings is 9. The van der Waals surface area contributed by atoms with E-state index < -0.39 is 0 Å². The van der Waals surface area contributed by atoms with Gasteiger partial charge < -0.3 is 9.47 Å². The van der Waals surface area contributed by atoms with Gasteiger partial charge in [-0.2, -0.15) is 0 Å². The summed E-state index contributed by atoms with van der Waals surface area (Å²) < 4.78 is 2.47. The zero-order chi connectivity index (χ0) is 45.7. The molecule has 0 radical (unpaired) electrons. The van der Waals surface area contributed by atoms with E-state index >= 15 is 0 Å². The molecule has 1 heterocycles. The SMILES string of the molecule is C=CC1=C(C)CC1c1ccc(-n2c3ccc(-c4ccc(N(c5ccc(-c6ccccc6)cc5)c5ccc6c(c5)C(C)(C)c5ccccc5-6)cc4)cc3c3cc(C4Cc5ccccc54)ccc32)cc1. The Kier molecular flexibility index (Phi) is 9.24. The maximum absolute atomic E-state index is 4.11. The maximum Gasteiger partial charge on any atom is 0.0541 e. The van der Waals surface area contributed by atoms with E-state index in [4.69, 9.17) is 0 Å². The summed E-state index contributed by atoms with van der Waals surface area (Å²) >= 11 is 0. The van der Waals surface area contributed by atoms with Crippen molar-refractivity contribution in [3.8, 4) is 39.1 Å². The minimum absolute atomic E-state index is 0.106. The molecule has 0 spiro atoms. The molecule has 9 aromatic carbocycles. The summed E-state index contributed by atoms with van der Waals surface area (Å²) in [5.74, 6) is 0.860. The van der Waals surface area contributed by atoms with Gasteiger partial charge in [0.2, 0.25) is 0 Å². The van der Waals surface area contributed by atoms with Crippen molar-refractivity contribution in [2.45, 2.75) is 50.9 Å². The molecule has 0 N–H and O–H groups in total. The Morgan fingerprint density at radius 3 is 1.81 bits per heavy atom. The van der Waals surface area contributed by atoms with Crippen molar-refractivity contribution < 1.29 is 0 Å². The highest BCUT2D eigenvalue weighted by Gasteiger charge is 2.36. The Morgan fingerprint density at radius 2 is 1.09 bits per heavy atom. The van der Waals surface area contributed by atoms with Crippen LogP contribution in [0.2, 0.25) is 0 Å². The van der Waals surface area contributed by atoms with Crippen LogP contribution >= 0.6 is 0 Å². The molecule has 68 heavy (non-hydrogen) atoms. The molecule has 0 saturated heterocycles. The number of fused-ring (bicyclic) bond motifs is 7. The second-order valence-electron chi connectivity index (χ2n) is 19.8. The molecule has 326 valence electrons. The van der Waals surface area contributed by atoms with Crippen molar-refractivity contribution in [1.82, 2.24) is 4.57 Å². The first-order valence-corrected chi connectivity index (χ1v) is 24.2. The van der Waals surface area contributed by atoms with Crippen LogP contribution in [0.3, 0.4) is 0 Å². The molecule has 3 aliphatic rings. The Balaban J connectivity index is 0.902. The molecule has 0 fully saturated rings. The van der Waals surface area contributed by atoms with Crippen molar-refractivity contribution in [2.75, 3.05) is 4.90 Å². The average Bonchev–Trinajstić information content (AvgIpc) is 3.81. The first kappa shape index (κ1) is 40.3. The molecule has 13 rings (SSSR count). The smallest absolute Gasteiger partial charge is 0.0541 e. The lowest BCUT2D eigenvalue weighted by atomic mass is 9.73. The summed E-state index contributed by atoms with van der Waals surface area (Å²) in [4.78, 5) is 2.42. The molecule has 10 aromatic rings. The quantitative estimate of drug-likeness (QED) is 0.140. The number of nitrogens with zero attached hydrogens (tertiary/aromatic N) is 2. The normalized spacial score (nSPS) is 16.5. The van der Waals surface area contributed by atoms with Gasteiger partial charge in [0.25, 0.3) is 0 Å². The monoisotopic (exact) mass is 872 g/mol. The van der Waals surface area contributed by atoms with Crippen LogP contribution in [0.25, 0.3) is 60.9 Å². The summed E-state index contributed by atoms with van der Waals surface area (Å²) in [5.41, 5.74) is 25.7. The zero-order valence-corrected chi connectivity index (χ0v) is 38.9. The summed E-state index contributed by atoms with van der Waals surface area (Å²) in [6, 6.07) is 77.3. The fraction of sp³-hybridized carbons (Fsp3) is 0.121. The van der Waals surface area contributed by atoms with Crippen LogP contribution in [0.4, 0.5) is 17.1 Å². The van der Waals surface area contributed by atoms with Crippen molar-refractivity contribution in [1.29, 1.82) is 0 Å². The van der Waals surface area contributed by atoms with E-state index in [1.807, 2.05) is 6.08 Å². The van der Waals surface area contributed by atoms with Crippen molar-refractivity contribution in [3.05, 3.63) is 263 Å². The zero-order valence-electron chi connectivity index (χ0n) is 38.9. The first-order valence-electron chi connectivity index (χ1n) is 24.2. The Labute approximate surface area is 399 Å². The van der Waals surface area contributed by atoms with Gasteiger partial charge in [0.05, 0.1) is 11.0 Å². The number of hydrogen-bond acceptors (Lipinski definition) is 1. The molecule has 2 heteroatoms. The van der Waals surface area contributed by atoms with E-state index in [1.165, 1.54) is 105 Å². The van der Waals surface area contributed by atoms with E-state index in [0.29, 0.717) is 11.8 Å². The second kappa shape index (κ2) is 15.6. The van der Waals surface area contributed by atoms with Crippen LogP contribution in [-0.2, 0) is 11.8 Å². The first-order chi connectivity index (χ1) is 33.3. The minimum Gasteiger partial charge on any atom is -0.310 e. The van der Waals surface area contributed by atoms with Crippen molar-refractivity contribution >= 4 is 38.9 Å². The number of anilines is 3. The van der Waals surface area contributed by atoms with E-state index in [2.05, 4.69) is 243 Å². The second-order valence-corrected chi connectivity index (χ2v) is 19.8. The van der Waals surface area contributed by atoms with Crippen molar-refractivity contribution in [2.24, 2.45) is 0 Å². The van der Waals surface area contributed by atoms with Crippen LogP contribution in [0, 0.1) is 0 Å². The van der Waals surface area contributed by atoms with E-state index in [1.54, 1.807) is 0 Å². The third-order valence-electron chi connectivity index (χ3n) is 15.7. The summed E-state index contributed by atoms with van der Waals surface area (Å²) in [6.45, 7) is 11.1. The average molecular weight is 873 g/mol. The van der Waals surface area contributed by atoms with Crippen LogP contribution in [-0.4, -0.2) is 4.57 Å². The standard InChI is InChI=1S/C66H52N2/c1-5-54-42(2)37-58(54)46-23-31-52(32-24-46)68-64-35-25-47(38-60(64)61-40-49(26-36-65(61)68)59-39-48-15-9-10-16-55(48)59)45-21-29-51(30-22-45)67(50-27-19-44(20-28-50)43-13-7-6-8-14-43)53-33-34-57-56-17-11-12-18-62(56)66(3,4)63(57)41-53/h5-36,38,40-41,58-59H,1,37,39H2,2-4H3. The molecule has 0 aliphatic heterocycles. The molecule has 1 aromatic heterocycles. The minimum atomic E-state index is -0.106. The number of hydrogen-bond donors (Lipinski definition) is 0. The summed E-state index contributed by atoms with van der Waals surface area (Å²) in [7, 11) is 0. The van der Waals surface area contributed by atoms with Gasteiger partial charge in [0.15, 0.2) is 0 Å². The van der Waals surface area contributed by atoms with Gasteiger partial charge in [0.1, 0.15) is 0 Å². The number of allylic oxidation sites excluding steroid dienone is 3. The molecular weight excluding hydrogens is 821 g/mol. The third-order valence-corrected chi connectivity index (χ3v) is 15.7. The highest BCUT2D eigenvalue weighted by atomic mass is 15.1. The number of rotatable bonds is 9. The largest absolute Gasteiger partial charge is 0.310 e. The van der Waals surface area contributed by atoms with Gasteiger partial charge in [-0.25, -0.2) is 0 Å². The van der Waals surface area contributed by atoms with Crippen LogP contribution in [0.5, 0.6) is 0 Å². The number of aromatic nitrogens is 1. The molecule has 0 saturated carbocycles. The van der Waals surface area contributed by atoms with Crippen molar-refractivity contribution in [3.63, 3.8) is 0 Å². The predicted molar refractivity (Wildman–Crippen MR) is 286 cm³/mol. The Morgan fingerprint density at radius 1 is 0.500 bits per heavy atom. The topological polar surface area (TPSA) is 8.17 Å². The highest BCUT2D eigenvalue weighted by Crippen LogP contribution is 2.51. The third kappa shape index (κ3) is 6.31. The Hall–Kier alpha value is -7.94. The molecule has 2 nitrogen and oxygen atoms in total. The fourth-order valence-electron chi connectivity index (χ4n) is 12.0. The lowest BCUT2D eigenvalue weighted by molar-refractivity contribution is 0.660. The fourth-order valence-corrected chi connectivity index (χ4v) is 12.0. The van der Waals surface area contributed by atoms with Gasteiger partial charge in [0, 0.05) is 50.8 Å². The maximum atomic E-state index is 4.11. The summed E-state index contributed by atoms with van der Waals surface area (Å²) in [5, 5.41) is 2.57. The predicted octanol–water partition coefficient (Wildman–Crippen LogP) is 17.6. The van der Waals surface area contributed by atoms with Gasteiger partial charge in [-0.3, -0.25) is 0 Å². The molecule has 3 aliphatic carbocycles. The molecular formula is C66H52N2. The van der Waals surface area contributed by atoms with E-state index in [9.17, 15) is 0 Å². The van der Waals surface area contributed by atoms with E-state index in [0.717, 1.165) is 29.9 Å². The summed E-state index contributed by atoms with van der Waals surface area (Å²) in [6.07, 6.45) is 4.24. The van der Waals surface area contributed by atoms with Gasteiger partial charge >= 0.3 is 0 Å². The van der Waals surface area contributed by atoms with Crippen LogP contribution in [0.1, 0.15) is 72.4 Å². The van der Waals surface area contributed by atoms with Gasteiger partial charge in [-0.1, -0.05) is 166 Å². The molecule has 2 unspecified atom stereocenters. The van der Waals surface area contributed by atoms with Gasteiger partial charge in [-0.15, -0.1) is 0 Å². The van der Waals surface area contributed by atoms with E-state index in [-0.39, 0.29) is 5.41 Å². The lowest BCUT2D eigenvalue weighted by Crippen LogP contribution is -2.17. The molecule has 0 bridgehead atoms. The molecule has 2 atom stereocenters. The molecule has 0 amide bonds. The van der Waals surface area contributed by atoms with Gasteiger partial charge in [-0.05, 0) is 165 Å².